The molecule has 1 aliphatic rings. The van der Waals surface area contributed by atoms with E-state index in [-0.39, 0.29) is 23.7 Å². The Morgan fingerprint density at radius 3 is 2.81 bits per heavy atom. The van der Waals surface area contributed by atoms with Crippen LogP contribution in [-0.4, -0.2) is 39.2 Å². The van der Waals surface area contributed by atoms with Gasteiger partial charge in [-0.2, -0.15) is 10.1 Å². The van der Waals surface area contributed by atoms with Crippen molar-refractivity contribution in [2.45, 2.75) is 26.3 Å². The van der Waals surface area contributed by atoms with E-state index in [4.69, 9.17) is 4.42 Å². The number of halogens is 1. The standard InChI is InChI=1S/C19H22FN5O2/c1-10-17(11(2)25(4)23-10)18-12(7-16(26)24(18)3)9-21-19-22-14-8-13(20)5-6-15(14)27-19/h5-6,8,12,18H,7,9H2,1-4H3,(H,21,22)/t12-,18+/m0/s1. The largest absolute Gasteiger partial charge is 0.424 e. The molecular weight excluding hydrogens is 349 g/mol. The maximum absolute atomic E-state index is 13.3. The van der Waals surface area contributed by atoms with E-state index in [0.29, 0.717) is 30.1 Å². The second-order valence-corrected chi connectivity index (χ2v) is 7.13. The van der Waals surface area contributed by atoms with E-state index in [0.717, 1.165) is 17.0 Å². The molecule has 1 saturated heterocycles. The number of hydrogen-bond donors (Lipinski definition) is 1. The minimum Gasteiger partial charge on any atom is -0.424 e. The van der Waals surface area contributed by atoms with E-state index >= 15 is 0 Å². The van der Waals surface area contributed by atoms with Crippen LogP contribution in [0.5, 0.6) is 0 Å². The maximum atomic E-state index is 13.3. The first-order valence-electron chi connectivity index (χ1n) is 8.91. The van der Waals surface area contributed by atoms with Crippen LogP contribution in [0.15, 0.2) is 22.6 Å². The molecule has 0 saturated carbocycles. The average molecular weight is 371 g/mol. The van der Waals surface area contributed by atoms with Crippen molar-refractivity contribution in [3.05, 3.63) is 41.0 Å². The van der Waals surface area contributed by atoms with Crippen molar-refractivity contribution in [3.63, 3.8) is 0 Å². The van der Waals surface area contributed by atoms with Crippen LogP contribution in [0.2, 0.25) is 0 Å². The van der Waals surface area contributed by atoms with Crippen molar-refractivity contribution >= 4 is 23.0 Å². The molecule has 1 amide bonds. The third-order valence-corrected chi connectivity index (χ3v) is 5.42. The van der Waals surface area contributed by atoms with Crippen LogP contribution in [-0.2, 0) is 11.8 Å². The molecule has 2 aromatic heterocycles. The van der Waals surface area contributed by atoms with Gasteiger partial charge in [0.15, 0.2) is 5.58 Å². The summed E-state index contributed by atoms with van der Waals surface area (Å²) >= 11 is 0. The maximum Gasteiger partial charge on any atom is 0.295 e. The number of aryl methyl sites for hydroxylation is 2. The van der Waals surface area contributed by atoms with Gasteiger partial charge in [-0.3, -0.25) is 9.48 Å². The number of hydrogen-bond acceptors (Lipinski definition) is 5. The Morgan fingerprint density at radius 2 is 2.11 bits per heavy atom. The highest BCUT2D eigenvalue weighted by atomic mass is 19.1. The summed E-state index contributed by atoms with van der Waals surface area (Å²) < 4.78 is 20.8. The first-order chi connectivity index (χ1) is 12.8. The van der Waals surface area contributed by atoms with Gasteiger partial charge in [-0.15, -0.1) is 0 Å². The van der Waals surface area contributed by atoms with Gasteiger partial charge in [0.25, 0.3) is 6.01 Å². The number of fused-ring (bicyclic) bond motifs is 1. The monoisotopic (exact) mass is 371 g/mol. The van der Waals surface area contributed by atoms with Crippen LogP contribution in [0.4, 0.5) is 10.4 Å². The minimum atomic E-state index is -0.354. The fraction of sp³-hybridized carbons (Fsp3) is 0.421. The molecule has 0 spiro atoms. The van der Waals surface area contributed by atoms with Gasteiger partial charge in [0.2, 0.25) is 5.91 Å². The number of carbonyl (C=O) groups is 1. The fourth-order valence-corrected chi connectivity index (χ4v) is 3.98. The molecule has 0 aliphatic carbocycles. The van der Waals surface area contributed by atoms with Gasteiger partial charge in [0.05, 0.1) is 11.7 Å². The highest BCUT2D eigenvalue weighted by Gasteiger charge is 2.41. The molecule has 3 aromatic rings. The number of benzene rings is 1. The molecule has 27 heavy (non-hydrogen) atoms. The van der Waals surface area contributed by atoms with Gasteiger partial charge in [0.1, 0.15) is 11.3 Å². The molecule has 1 aromatic carbocycles. The van der Waals surface area contributed by atoms with Crippen LogP contribution in [0.25, 0.3) is 11.1 Å². The second-order valence-electron chi connectivity index (χ2n) is 7.13. The van der Waals surface area contributed by atoms with Crippen LogP contribution < -0.4 is 5.32 Å². The summed E-state index contributed by atoms with van der Waals surface area (Å²) in [4.78, 5) is 18.5. The zero-order chi connectivity index (χ0) is 19.3. The molecule has 1 aliphatic heterocycles. The summed E-state index contributed by atoms with van der Waals surface area (Å²) in [6.45, 7) is 4.51. The highest BCUT2D eigenvalue weighted by Crippen LogP contribution is 2.39. The zero-order valence-electron chi connectivity index (χ0n) is 15.8. The Morgan fingerprint density at radius 1 is 1.33 bits per heavy atom. The number of rotatable bonds is 4. The summed E-state index contributed by atoms with van der Waals surface area (Å²) in [6.07, 6.45) is 0.441. The number of aromatic nitrogens is 3. The molecule has 1 fully saturated rings. The molecule has 7 nitrogen and oxygen atoms in total. The summed E-state index contributed by atoms with van der Waals surface area (Å²) in [7, 11) is 3.74. The lowest BCUT2D eigenvalue weighted by Crippen LogP contribution is -2.27. The third kappa shape index (κ3) is 2.94. The van der Waals surface area contributed by atoms with Crippen molar-refractivity contribution in [3.8, 4) is 0 Å². The van der Waals surface area contributed by atoms with Crippen LogP contribution >= 0.6 is 0 Å². The lowest BCUT2D eigenvalue weighted by Gasteiger charge is -2.25. The van der Waals surface area contributed by atoms with Crippen molar-refractivity contribution in [1.82, 2.24) is 19.7 Å². The molecular formula is C19H22FN5O2. The molecule has 4 rings (SSSR count). The van der Waals surface area contributed by atoms with E-state index in [1.54, 1.807) is 11.0 Å². The summed E-state index contributed by atoms with van der Waals surface area (Å²) in [5.41, 5.74) is 4.07. The number of nitrogens with one attached hydrogen (secondary N) is 1. The van der Waals surface area contributed by atoms with Crippen molar-refractivity contribution in [2.24, 2.45) is 13.0 Å². The number of amides is 1. The molecule has 1 N–H and O–H groups in total. The van der Waals surface area contributed by atoms with Crippen molar-refractivity contribution in [1.29, 1.82) is 0 Å². The molecule has 2 atom stereocenters. The summed E-state index contributed by atoms with van der Waals surface area (Å²) in [5.74, 6) is -0.196. The van der Waals surface area contributed by atoms with E-state index < -0.39 is 0 Å². The topological polar surface area (TPSA) is 76.2 Å². The molecule has 0 unspecified atom stereocenters. The Balaban J connectivity index is 1.58. The van der Waals surface area contributed by atoms with E-state index in [1.165, 1.54) is 12.1 Å². The van der Waals surface area contributed by atoms with Gasteiger partial charge in [-0.1, -0.05) is 0 Å². The minimum absolute atomic E-state index is 0.0517. The summed E-state index contributed by atoms with van der Waals surface area (Å²) in [5, 5.41) is 7.67. The summed E-state index contributed by atoms with van der Waals surface area (Å²) in [6, 6.07) is 4.51. The van der Waals surface area contributed by atoms with E-state index in [1.807, 2.05) is 32.6 Å². The second kappa shape index (κ2) is 6.37. The SMILES string of the molecule is Cc1nn(C)c(C)c1[C@H]1[C@H](CNc2nc3cc(F)ccc3o2)CC(=O)N1C. The van der Waals surface area contributed by atoms with Gasteiger partial charge in [-0.25, -0.2) is 4.39 Å². The lowest BCUT2D eigenvalue weighted by molar-refractivity contribution is -0.127. The number of anilines is 1. The Bertz CT molecular complexity index is 1020. The van der Waals surface area contributed by atoms with Crippen LogP contribution in [0.1, 0.15) is 29.4 Å². The van der Waals surface area contributed by atoms with Crippen molar-refractivity contribution in [2.75, 3.05) is 18.9 Å². The molecule has 142 valence electrons. The van der Waals surface area contributed by atoms with Crippen molar-refractivity contribution < 1.29 is 13.6 Å². The van der Waals surface area contributed by atoms with Crippen LogP contribution in [0, 0.1) is 25.6 Å². The third-order valence-electron chi connectivity index (χ3n) is 5.42. The van der Waals surface area contributed by atoms with Crippen LogP contribution in [0.3, 0.4) is 0 Å². The van der Waals surface area contributed by atoms with Gasteiger partial charge < -0.3 is 14.6 Å². The first-order valence-corrected chi connectivity index (χ1v) is 8.91. The Kier molecular flexibility index (Phi) is 4.13. The fourth-order valence-electron chi connectivity index (χ4n) is 3.98. The number of oxazole rings is 1. The molecule has 0 bridgehead atoms. The smallest absolute Gasteiger partial charge is 0.295 e. The highest BCUT2D eigenvalue weighted by molar-refractivity contribution is 5.79. The normalized spacial score (nSPS) is 20.0. The predicted molar refractivity (Wildman–Crippen MR) is 98.8 cm³/mol. The first kappa shape index (κ1) is 17.5. The zero-order valence-corrected chi connectivity index (χ0v) is 15.8. The average Bonchev–Trinajstić information content (AvgIpc) is 3.22. The predicted octanol–water partition coefficient (Wildman–Crippen LogP) is 2.95. The number of likely N-dealkylation sites (tertiary alicyclic amines) is 1. The van der Waals surface area contributed by atoms with E-state index in [2.05, 4.69) is 15.4 Å². The molecule has 3 heterocycles. The quantitative estimate of drug-likeness (QED) is 0.763. The number of carbonyl (C=O) groups excluding carboxylic acids is 1. The number of nitrogens with zero attached hydrogens (tertiary/aromatic N) is 4. The van der Waals surface area contributed by atoms with Gasteiger partial charge >= 0.3 is 0 Å². The molecule has 0 radical (unpaired) electrons. The van der Waals surface area contributed by atoms with Gasteiger partial charge in [-0.05, 0) is 26.0 Å². The Hall–Kier alpha value is -2.90. The Labute approximate surface area is 156 Å². The molecule has 8 heteroatoms. The van der Waals surface area contributed by atoms with Gasteiger partial charge in [0, 0.05) is 50.3 Å². The lowest BCUT2D eigenvalue weighted by atomic mass is 9.92. The van der Waals surface area contributed by atoms with E-state index in [9.17, 15) is 9.18 Å².